The molecule has 1 aromatic carbocycles. The maximum Gasteiger partial charge on any atom is 0.224 e. The molecule has 1 amide bonds. The molecule has 1 aliphatic rings. The Kier molecular flexibility index (Phi) is 4.02. The van der Waals surface area contributed by atoms with E-state index in [1.165, 1.54) is 0 Å². The Morgan fingerprint density at radius 2 is 2.18 bits per heavy atom. The molecule has 0 radical (unpaired) electrons. The smallest absolute Gasteiger partial charge is 0.224 e. The minimum absolute atomic E-state index is 0.000417. The van der Waals surface area contributed by atoms with E-state index in [0.717, 1.165) is 24.8 Å². The third-order valence-corrected chi connectivity index (χ3v) is 3.59. The largest absolute Gasteiger partial charge is 0.352 e. The Morgan fingerprint density at radius 1 is 1.41 bits per heavy atom. The van der Waals surface area contributed by atoms with Crippen LogP contribution in [-0.4, -0.2) is 18.0 Å². The second kappa shape index (κ2) is 5.52. The molecule has 0 saturated heterocycles. The summed E-state index contributed by atoms with van der Waals surface area (Å²) in [4.78, 5) is 11.8. The van der Waals surface area contributed by atoms with Gasteiger partial charge in [0.05, 0.1) is 6.42 Å². The van der Waals surface area contributed by atoms with Crippen LogP contribution in [0.15, 0.2) is 24.3 Å². The molecule has 92 valence electrons. The molecule has 1 aromatic rings. The molecule has 1 fully saturated rings. The van der Waals surface area contributed by atoms with Crippen molar-refractivity contribution >= 4 is 17.5 Å². The maximum atomic E-state index is 11.8. The van der Waals surface area contributed by atoms with E-state index in [9.17, 15) is 4.79 Å². The molecule has 1 saturated carbocycles. The minimum Gasteiger partial charge on any atom is -0.352 e. The summed E-state index contributed by atoms with van der Waals surface area (Å²) in [6.07, 6.45) is 3.40. The number of hydrogen-bond donors (Lipinski definition) is 2. The fraction of sp³-hybridized carbons (Fsp3) is 0.462. The van der Waals surface area contributed by atoms with Crippen molar-refractivity contribution in [1.29, 1.82) is 0 Å². The van der Waals surface area contributed by atoms with E-state index in [-0.39, 0.29) is 18.0 Å². The molecule has 3 N–H and O–H groups in total. The highest BCUT2D eigenvalue weighted by atomic mass is 35.5. The van der Waals surface area contributed by atoms with Gasteiger partial charge >= 0.3 is 0 Å². The Morgan fingerprint density at radius 3 is 2.82 bits per heavy atom. The van der Waals surface area contributed by atoms with Crippen molar-refractivity contribution in [3.05, 3.63) is 34.9 Å². The van der Waals surface area contributed by atoms with Gasteiger partial charge in [0.1, 0.15) is 0 Å². The number of hydrogen-bond acceptors (Lipinski definition) is 2. The monoisotopic (exact) mass is 252 g/mol. The highest BCUT2D eigenvalue weighted by Gasteiger charge is 2.25. The van der Waals surface area contributed by atoms with Gasteiger partial charge in [-0.3, -0.25) is 4.79 Å². The van der Waals surface area contributed by atoms with Crippen molar-refractivity contribution in [3.63, 3.8) is 0 Å². The van der Waals surface area contributed by atoms with Gasteiger partial charge in [0.15, 0.2) is 0 Å². The summed E-state index contributed by atoms with van der Waals surface area (Å²) in [6, 6.07) is 7.64. The van der Waals surface area contributed by atoms with Crippen molar-refractivity contribution in [3.8, 4) is 0 Å². The van der Waals surface area contributed by atoms with Crippen LogP contribution in [0.2, 0.25) is 5.02 Å². The quantitative estimate of drug-likeness (QED) is 0.863. The third kappa shape index (κ3) is 3.20. The summed E-state index contributed by atoms with van der Waals surface area (Å²) >= 11 is 6.01. The Labute approximate surface area is 106 Å². The van der Waals surface area contributed by atoms with Crippen LogP contribution in [0, 0.1) is 0 Å². The summed E-state index contributed by atoms with van der Waals surface area (Å²) in [5, 5.41) is 3.62. The van der Waals surface area contributed by atoms with Crippen LogP contribution in [0.1, 0.15) is 24.8 Å². The van der Waals surface area contributed by atoms with Gasteiger partial charge in [0.2, 0.25) is 5.91 Å². The molecular weight excluding hydrogens is 236 g/mol. The first kappa shape index (κ1) is 12.4. The molecule has 0 bridgehead atoms. The zero-order chi connectivity index (χ0) is 12.3. The molecule has 0 aromatic heterocycles. The maximum absolute atomic E-state index is 11.8. The minimum atomic E-state index is 0.000417. The molecule has 2 unspecified atom stereocenters. The summed E-state index contributed by atoms with van der Waals surface area (Å²) in [5.41, 5.74) is 6.77. The van der Waals surface area contributed by atoms with E-state index < -0.39 is 0 Å². The van der Waals surface area contributed by atoms with E-state index in [2.05, 4.69) is 5.32 Å². The van der Waals surface area contributed by atoms with Crippen LogP contribution in [0.5, 0.6) is 0 Å². The van der Waals surface area contributed by atoms with Crippen molar-refractivity contribution in [2.45, 2.75) is 37.8 Å². The molecular formula is C13H17ClN2O. The van der Waals surface area contributed by atoms with Crippen molar-refractivity contribution in [2.75, 3.05) is 0 Å². The molecule has 2 atom stereocenters. The van der Waals surface area contributed by atoms with E-state index in [1.807, 2.05) is 18.2 Å². The number of amides is 1. The molecule has 0 spiro atoms. The fourth-order valence-electron chi connectivity index (χ4n) is 2.24. The summed E-state index contributed by atoms with van der Waals surface area (Å²) in [6.45, 7) is 0. The average Bonchev–Trinajstić information content (AvgIpc) is 2.68. The number of nitrogens with two attached hydrogens (primary N) is 1. The number of halogens is 1. The van der Waals surface area contributed by atoms with Crippen LogP contribution >= 0.6 is 11.6 Å². The zero-order valence-corrected chi connectivity index (χ0v) is 10.4. The number of carbonyl (C=O) groups excluding carboxylic acids is 1. The predicted octanol–water partition coefficient (Wildman–Crippen LogP) is 1.88. The average molecular weight is 253 g/mol. The van der Waals surface area contributed by atoms with E-state index in [4.69, 9.17) is 17.3 Å². The highest BCUT2D eigenvalue weighted by molar-refractivity contribution is 6.31. The lowest BCUT2D eigenvalue weighted by molar-refractivity contribution is -0.121. The fourth-order valence-corrected chi connectivity index (χ4v) is 2.44. The van der Waals surface area contributed by atoms with Crippen molar-refractivity contribution < 1.29 is 4.79 Å². The van der Waals surface area contributed by atoms with Crippen LogP contribution in [0.3, 0.4) is 0 Å². The van der Waals surface area contributed by atoms with Crippen LogP contribution in [0.25, 0.3) is 0 Å². The van der Waals surface area contributed by atoms with Crippen LogP contribution in [0.4, 0.5) is 0 Å². The number of benzene rings is 1. The van der Waals surface area contributed by atoms with Crippen molar-refractivity contribution in [2.24, 2.45) is 5.73 Å². The van der Waals surface area contributed by atoms with Crippen molar-refractivity contribution in [1.82, 2.24) is 5.32 Å². The highest BCUT2D eigenvalue weighted by Crippen LogP contribution is 2.18. The van der Waals surface area contributed by atoms with Gasteiger partial charge in [-0.15, -0.1) is 0 Å². The van der Waals surface area contributed by atoms with Gasteiger partial charge in [0.25, 0.3) is 0 Å². The zero-order valence-electron chi connectivity index (χ0n) is 9.66. The number of nitrogens with one attached hydrogen (secondary N) is 1. The van der Waals surface area contributed by atoms with Gasteiger partial charge in [-0.2, -0.15) is 0 Å². The van der Waals surface area contributed by atoms with E-state index >= 15 is 0 Å². The summed E-state index contributed by atoms with van der Waals surface area (Å²) in [7, 11) is 0. The predicted molar refractivity (Wildman–Crippen MR) is 68.9 cm³/mol. The second-order valence-electron chi connectivity index (χ2n) is 4.54. The van der Waals surface area contributed by atoms with E-state index in [0.29, 0.717) is 11.4 Å². The number of rotatable bonds is 3. The molecule has 3 nitrogen and oxygen atoms in total. The lowest BCUT2D eigenvalue weighted by Crippen LogP contribution is -2.44. The van der Waals surface area contributed by atoms with Crippen LogP contribution in [-0.2, 0) is 11.2 Å². The Hall–Kier alpha value is -1.06. The van der Waals surface area contributed by atoms with Crippen LogP contribution < -0.4 is 11.1 Å². The Bertz CT molecular complexity index is 408. The number of carbonyl (C=O) groups is 1. The first-order valence-electron chi connectivity index (χ1n) is 5.95. The molecule has 0 aliphatic heterocycles. The molecule has 0 heterocycles. The SMILES string of the molecule is NC1CCCC1NC(=O)Cc1ccccc1Cl. The van der Waals surface area contributed by atoms with Gasteiger partial charge < -0.3 is 11.1 Å². The first-order chi connectivity index (χ1) is 8.16. The Balaban J connectivity index is 1.91. The third-order valence-electron chi connectivity index (χ3n) is 3.22. The molecule has 17 heavy (non-hydrogen) atoms. The topological polar surface area (TPSA) is 55.1 Å². The van der Waals surface area contributed by atoms with Gasteiger partial charge in [0, 0.05) is 17.1 Å². The molecule has 2 rings (SSSR count). The molecule has 1 aliphatic carbocycles. The lowest BCUT2D eigenvalue weighted by atomic mass is 10.1. The lowest BCUT2D eigenvalue weighted by Gasteiger charge is -2.17. The van der Waals surface area contributed by atoms with E-state index in [1.54, 1.807) is 6.07 Å². The van der Waals surface area contributed by atoms with Gasteiger partial charge in [-0.05, 0) is 30.9 Å². The second-order valence-corrected chi connectivity index (χ2v) is 4.94. The first-order valence-corrected chi connectivity index (χ1v) is 6.33. The standard InChI is InChI=1S/C13H17ClN2O/c14-10-5-2-1-4-9(10)8-13(17)16-12-7-3-6-11(12)15/h1-2,4-5,11-12H,3,6-8,15H2,(H,16,17). The summed E-state index contributed by atoms with van der Waals surface area (Å²) < 4.78 is 0. The summed E-state index contributed by atoms with van der Waals surface area (Å²) in [5.74, 6) is 0.000417. The van der Waals surface area contributed by atoms with Gasteiger partial charge in [-0.25, -0.2) is 0 Å². The molecule has 4 heteroatoms. The normalized spacial score (nSPS) is 23.6. The van der Waals surface area contributed by atoms with Gasteiger partial charge in [-0.1, -0.05) is 29.8 Å².